The standard InChI is InChI=1S/C25H25N5O/c1-18-15-24(30-23-6-4-3-5-22(23)27-25(30)21(18)16-26)29-13-11-28(12-14-29)17-19-7-9-20(31-2)10-8-19/h3-10,15H,11-14,17H2,1-2H3. The van der Waals surface area contributed by atoms with Gasteiger partial charge in [0.2, 0.25) is 0 Å². The Kier molecular flexibility index (Phi) is 4.97. The van der Waals surface area contributed by atoms with Crippen LogP contribution >= 0.6 is 0 Å². The number of nitrogens with zero attached hydrogens (tertiary/aromatic N) is 5. The lowest BCUT2D eigenvalue weighted by molar-refractivity contribution is 0.249. The molecule has 6 nitrogen and oxygen atoms in total. The molecule has 0 saturated carbocycles. The molecule has 6 heteroatoms. The highest BCUT2D eigenvalue weighted by Crippen LogP contribution is 2.29. The Bertz CT molecular complexity index is 1280. The summed E-state index contributed by atoms with van der Waals surface area (Å²) in [7, 11) is 1.69. The van der Waals surface area contributed by atoms with Crippen molar-refractivity contribution in [2.24, 2.45) is 0 Å². The highest BCUT2D eigenvalue weighted by Gasteiger charge is 2.22. The first kappa shape index (κ1) is 19.4. The van der Waals surface area contributed by atoms with Gasteiger partial charge >= 0.3 is 0 Å². The Morgan fingerprint density at radius 2 is 1.77 bits per heavy atom. The number of benzene rings is 2. The lowest BCUT2D eigenvalue weighted by Crippen LogP contribution is -2.46. The summed E-state index contributed by atoms with van der Waals surface area (Å²) in [5.41, 5.74) is 5.64. The van der Waals surface area contributed by atoms with Crippen molar-refractivity contribution in [2.75, 3.05) is 38.2 Å². The molecule has 0 unspecified atom stereocenters. The largest absolute Gasteiger partial charge is 0.497 e. The van der Waals surface area contributed by atoms with Gasteiger partial charge in [0.1, 0.15) is 17.6 Å². The van der Waals surface area contributed by atoms with Gasteiger partial charge in [-0.1, -0.05) is 24.3 Å². The molecule has 31 heavy (non-hydrogen) atoms. The number of anilines is 1. The van der Waals surface area contributed by atoms with Gasteiger partial charge in [-0.05, 0) is 48.4 Å². The van der Waals surface area contributed by atoms with Crippen molar-refractivity contribution >= 4 is 22.5 Å². The molecule has 3 heterocycles. The molecule has 156 valence electrons. The Morgan fingerprint density at radius 3 is 2.48 bits per heavy atom. The molecule has 4 aromatic rings. The highest BCUT2D eigenvalue weighted by atomic mass is 16.5. The van der Waals surface area contributed by atoms with Crippen LogP contribution in [0.3, 0.4) is 0 Å². The third kappa shape index (κ3) is 3.47. The van der Waals surface area contributed by atoms with Crippen LogP contribution in [0.1, 0.15) is 16.7 Å². The van der Waals surface area contributed by atoms with Crippen LogP contribution in [0.4, 0.5) is 5.82 Å². The predicted molar refractivity (Wildman–Crippen MR) is 123 cm³/mol. The van der Waals surface area contributed by atoms with E-state index in [0.717, 1.165) is 66.5 Å². The fourth-order valence-electron chi connectivity index (χ4n) is 4.43. The zero-order chi connectivity index (χ0) is 21.4. The third-order valence-corrected chi connectivity index (χ3v) is 6.13. The van der Waals surface area contributed by atoms with E-state index >= 15 is 0 Å². The molecule has 0 amide bonds. The number of aryl methyl sites for hydroxylation is 1. The molecule has 1 saturated heterocycles. The van der Waals surface area contributed by atoms with Gasteiger partial charge < -0.3 is 9.64 Å². The lowest BCUT2D eigenvalue weighted by atomic mass is 10.1. The topological polar surface area (TPSA) is 56.8 Å². The maximum Gasteiger partial charge on any atom is 0.157 e. The van der Waals surface area contributed by atoms with Crippen LogP contribution < -0.4 is 9.64 Å². The van der Waals surface area contributed by atoms with E-state index in [-0.39, 0.29) is 0 Å². The molecule has 0 aliphatic carbocycles. The number of hydrogen-bond donors (Lipinski definition) is 0. The van der Waals surface area contributed by atoms with Gasteiger partial charge in [-0.15, -0.1) is 0 Å². The molecule has 0 bridgehead atoms. The molecular weight excluding hydrogens is 386 g/mol. The first-order valence-corrected chi connectivity index (χ1v) is 10.6. The fourth-order valence-corrected chi connectivity index (χ4v) is 4.43. The van der Waals surface area contributed by atoms with Crippen LogP contribution in [-0.2, 0) is 6.54 Å². The highest BCUT2D eigenvalue weighted by molar-refractivity contribution is 5.85. The van der Waals surface area contributed by atoms with E-state index in [1.165, 1.54) is 5.56 Å². The smallest absolute Gasteiger partial charge is 0.157 e. The molecule has 1 aliphatic rings. The minimum Gasteiger partial charge on any atom is -0.497 e. The maximum atomic E-state index is 9.72. The molecule has 5 rings (SSSR count). The first-order chi connectivity index (χ1) is 15.2. The van der Waals surface area contributed by atoms with Crippen molar-refractivity contribution in [3.8, 4) is 11.8 Å². The molecular formula is C25H25N5O. The van der Waals surface area contributed by atoms with E-state index in [0.29, 0.717) is 5.56 Å². The number of aromatic nitrogens is 2. The van der Waals surface area contributed by atoms with Gasteiger partial charge in [-0.25, -0.2) is 4.98 Å². The minimum atomic E-state index is 0.651. The van der Waals surface area contributed by atoms with Gasteiger partial charge in [0.15, 0.2) is 5.65 Å². The number of pyridine rings is 1. The number of rotatable bonds is 4. The molecule has 1 aliphatic heterocycles. The monoisotopic (exact) mass is 411 g/mol. The number of nitriles is 1. The number of methoxy groups -OCH3 is 1. The van der Waals surface area contributed by atoms with Crippen molar-refractivity contribution < 1.29 is 4.74 Å². The van der Waals surface area contributed by atoms with Gasteiger partial charge in [0, 0.05) is 32.7 Å². The number of imidazole rings is 1. The van der Waals surface area contributed by atoms with Crippen LogP contribution in [0.5, 0.6) is 5.75 Å². The predicted octanol–water partition coefficient (Wildman–Crippen LogP) is 4.00. The third-order valence-electron chi connectivity index (χ3n) is 6.13. The van der Waals surface area contributed by atoms with Gasteiger partial charge in [-0.3, -0.25) is 9.30 Å². The molecule has 2 aromatic heterocycles. The molecule has 1 fully saturated rings. The van der Waals surface area contributed by atoms with Crippen molar-refractivity contribution in [3.63, 3.8) is 0 Å². The van der Waals surface area contributed by atoms with Crippen LogP contribution in [-0.4, -0.2) is 47.6 Å². The maximum absolute atomic E-state index is 9.72. The second-order valence-corrected chi connectivity index (χ2v) is 8.04. The average molecular weight is 412 g/mol. The van der Waals surface area contributed by atoms with Gasteiger partial charge in [0.25, 0.3) is 0 Å². The van der Waals surface area contributed by atoms with Gasteiger partial charge in [-0.2, -0.15) is 5.26 Å². The van der Waals surface area contributed by atoms with E-state index in [1.54, 1.807) is 7.11 Å². The Hall–Kier alpha value is -3.56. The van der Waals surface area contributed by atoms with Gasteiger partial charge in [0.05, 0.1) is 23.7 Å². The minimum absolute atomic E-state index is 0.651. The molecule has 0 atom stereocenters. The van der Waals surface area contributed by atoms with E-state index in [2.05, 4.69) is 44.5 Å². The van der Waals surface area contributed by atoms with E-state index in [4.69, 9.17) is 9.72 Å². The summed E-state index contributed by atoms with van der Waals surface area (Å²) >= 11 is 0. The Labute approximate surface area is 181 Å². The van der Waals surface area contributed by atoms with Crippen molar-refractivity contribution in [1.29, 1.82) is 5.26 Å². The second-order valence-electron chi connectivity index (χ2n) is 8.04. The number of fused-ring (bicyclic) bond motifs is 3. The summed E-state index contributed by atoms with van der Waals surface area (Å²) in [5.74, 6) is 2.01. The van der Waals surface area contributed by atoms with Crippen molar-refractivity contribution in [3.05, 3.63) is 71.3 Å². The molecule has 0 spiro atoms. The van der Waals surface area contributed by atoms with Crippen LogP contribution in [0.15, 0.2) is 54.6 Å². The average Bonchev–Trinajstić information content (AvgIpc) is 3.19. The number of para-hydroxylation sites is 2. The van der Waals surface area contributed by atoms with E-state index < -0.39 is 0 Å². The summed E-state index contributed by atoms with van der Waals surface area (Å²) in [4.78, 5) is 9.68. The summed E-state index contributed by atoms with van der Waals surface area (Å²) in [5, 5.41) is 9.72. The van der Waals surface area contributed by atoms with Crippen LogP contribution in [0.2, 0.25) is 0 Å². The first-order valence-electron chi connectivity index (χ1n) is 10.6. The second kappa shape index (κ2) is 7.93. The number of hydrogen-bond acceptors (Lipinski definition) is 5. The van der Waals surface area contributed by atoms with Crippen LogP contribution in [0.25, 0.3) is 16.7 Å². The zero-order valence-corrected chi connectivity index (χ0v) is 17.9. The number of ether oxygens (including phenoxy) is 1. The molecule has 2 aromatic carbocycles. The van der Waals surface area contributed by atoms with E-state index in [9.17, 15) is 5.26 Å². The van der Waals surface area contributed by atoms with Crippen LogP contribution in [0, 0.1) is 18.3 Å². The quantitative estimate of drug-likeness (QED) is 0.508. The number of piperazine rings is 1. The van der Waals surface area contributed by atoms with E-state index in [1.807, 2.05) is 37.3 Å². The summed E-state index contributed by atoms with van der Waals surface area (Å²) in [6.45, 7) is 6.78. The van der Waals surface area contributed by atoms with Crippen molar-refractivity contribution in [2.45, 2.75) is 13.5 Å². The summed E-state index contributed by atoms with van der Waals surface area (Å²) < 4.78 is 7.41. The molecule has 0 N–H and O–H groups in total. The van der Waals surface area contributed by atoms with Crippen molar-refractivity contribution in [1.82, 2.24) is 14.3 Å². The molecule has 0 radical (unpaired) electrons. The lowest BCUT2D eigenvalue weighted by Gasteiger charge is -2.36. The Balaban J connectivity index is 1.42. The summed E-state index contributed by atoms with van der Waals surface area (Å²) in [6.07, 6.45) is 0. The Morgan fingerprint density at radius 1 is 1.03 bits per heavy atom. The zero-order valence-electron chi connectivity index (χ0n) is 17.9. The fraction of sp³-hybridized carbons (Fsp3) is 0.280. The SMILES string of the molecule is COc1ccc(CN2CCN(c3cc(C)c(C#N)c4nc5ccccc5n34)CC2)cc1. The summed E-state index contributed by atoms with van der Waals surface area (Å²) in [6, 6.07) is 20.9. The normalized spacial score (nSPS) is 14.8.